The molecule has 3 aromatic carbocycles. The molecule has 0 aliphatic rings. The van der Waals surface area contributed by atoms with Gasteiger partial charge in [-0.05, 0) is 72.3 Å². The molecule has 0 atom stereocenters. The summed E-state index contributed by atoms with van der Waals surface area (Å²) in [4.78, 5) is 23.6. The van der Waals surface area contributed by atoms with Gasteiger partial charge >= 0.3 is 0 Å². The van der Waals surface area contributed by atoms with Crippen LogP contribution in [0.4, 0.5) is 11.4 Å². The predicted molar refractivity (Wildman–Crippen MR) is 121 cm³/mol. The number of carbonyl (C=O) groups excluding carboxylic acids is 2. The van der Waals surface area contributed by atoms with Crippen LogP contribution >= 0.6 is 11.6 Å². The van der Waals surface area contributed by atoms with Crippen LogP contribution in [0, 0.1) is 11.3 Å². The fourth-order valence-corrected chi connectivity index (χ4v) is 2.79. The van der Waals surface area contributed by atoms with E-state index in [1.165, 1.54) is 13.0 Å². The average Bonchev–Trinajstić information content (AvgIpc) is 2.75. The number of hydrogen-bond donors (Lipinski definition) is 2. The quantitative estimate of drug-likeness (QED) is 0.390. The van der Waals surface area contributed by atoms with E-state index in [0.29, 0.717) is 33.5 Å². The molecule has 0 aliphatic heterocycles. The molecule has 31 heavy (non-hydrogen) atoms. The van der Waals surface area contributed by atoms with E-state index in [1.807, 2.05) is 6.07 Å². The van der Waals surface area contributed by atoms with Gasteiger partial charge in [0.15, 0.2) is 0 Å². The summed E-state index contributed by atoms with van der Waals surface area (Å²) in [6.45, 7) is 1.41. The van der Waals surface area contributed by atoms with Crippen LogP contribution in [0.5, 0.6) is 11.5 Å². The summed E-state index contributed by atoms with van der Waals surface area (Å²) in [5.74, 6) is 0.446. The molecule has 0 aromatic heterocycles. The maximum absolute atomic E-state index is 12.5. The highest BCUT2D eigenvalue weighted by molar-refractivity contribution is 6.30. The number of nitriles is 1. The third kappa shape index (κ3) is 6.46. The Morgan fingerprint density at radius 3 is 2.19 bits per heavy atom. The van der Waals surface area contributed by atoms with Gasteiger partial charge < -0.3 is 15.4 Å². The Balaban J connectivity index is 1.71. The summed E-state index contributed by atoms with van der Waals surface area (Å²) in [5.41, 5.74) is 1.69. The van der Waals surface area contributed by atoms with E-state index in [1.54, 1.807) is 72.8 Å². The zero-order valence-corrected chi connectivity index (χ0v) is 17.3. The summed E-state index contributed by atoms with van der Waals surface area (Å²) >= 11 is 5.88. The molecule has 6 nitrogen and oxygen atoms in total. The molecule has 0 aliphatic carbocycles. The van der Waals surface area contributed by atoms with Crippen molar-refractivity contribution in [2.75, 3.05) is 10.6 Å². The van der Waals surface area contributed by atoms with Crippen LogP contribution in [0.3, 0.4) is 0 Å². The summed E-state index contributed by atoms with van der Waals surface area (Å²) < 4.78 is 5.78. The number of carbonyl (C=O) groups is 2. The van der Waals surface area contributed by atoms with Gasteiger partial charge in [0.1, 0.15) is 23.1 Å². The summed E-state index contributed by atoms with van der Waals surface area (Å²) in [6.07, 6.45) is 1.48. The van der Waals surface area contributed by atoms with Gasteiger partial charge in [-0.3, -0.25) is 9.59 Å². The molecule has 154 valence electrons. The molecule has 0 unspecified atom stereocenters. The van der Waals surface area contributed by atoms with Gasteiger partial charge in [0.2, 0.25) is 5.91 Å². The Bertz CT molecular complexity index is 1160. The van der Waals surface area contributed by atoms with Crippen LogP contribution < -0.4 is 15.4 Å². The first-order valence-corrected chi connectivity index (χ1v) is 9.65. The smallest absolute Gasteiger partial charge is 0.266 e. The van der Waals surface area contributed by atoms with Crippen molar-refractivity contribution in [3.8, 4) is 17.6 Å². The van der Waals surface area contributed by atoms with E-state index >= 15 is 0 Å². The van der Waals surface area contributed by atoms with Crippen LogP contribution in [-0.2, 0) is 9.59 Å². The maximum Gasteiger partial charge on any atom is 0.266 e. The normalized spacial score (nSPS) is 10.7. The molecular weight excluding hydrogens is 414 g/mol. The van der Waals surface area contributed by atoms with Gasteiger partial charge in [0.25, 0.3) is 5.91 Å². The monoisotopic (exact) mass is 431 g/mol. The Hall–Kier alpha value is -4.08. The largest absolute Gasteiger partial charge is 0.457 e. The van der Waals surface area contributed by atoms with E-state index in [-0.39, 0.29) is 11.5 Å². The molecule has 3 aromatic rings. The van der Waals surface area contributed by atoms with Crippen molar-refractivity contribution in [1.29, 1.82) is 5.26 Å². The number of rotatable bonds is 6. The van der Waals surface area contributed by atoms with E-state index in [9.17, 15) is 14.9 Å². The maximum atomic E-state index is 12.5. The highest BCUT2D eigenvalue weighted by atomic mass is 35.5. The number of anilines is 2. The molecule has 0 bridgehead atoms. The van der Waals surface area contributed by atoms with Crippen molar-refractivity contribution in [3.63, 3.8) is 0 Å². The van der Waals surface area contributed by atoms with E-state index in [4.69, 9.17) is 16.3 Å². The minimum Gasteiger partial charge on any atom is -0.457 e. The number of halogens is 1. The molecule has 0 fully saturated rings. The number of hydrogen-bond acceptors (Lipinski definition) is 4. The molecule has 0 heterocycles. The van der Waals surface area contributed by atoms with Gasteiger partial charge in [-0.15, -0.1) is 0 Å². The van der Waals surface area contributed by atoms with Crippen LogP contribution in [-0.4, -0.2) is 11.8 Å². The fourth-order valence-electron chi connectivity index (χ4n) is 2.66. The topological polar surface area (TPSA) is 91.2 Å². The Morgan fingerprint density at radius 1 is 0.935 bits per heavy atom. The Kier molecular flexibility index (Phi) is 7.05. The fraction of sp³-hybridized carbons (Fsp3) is 0.0417. The van der Waals surface area contributed by atoms with Crippen molar-refractivity contribution in [2.45, 2.75) is 6.92 Å². The highest BCUT2D eigenvalue weighted by Gasteiger charge is 2.10. The van der Waals surface area contributed by atoms with Crippen molar-refractivity contribution in [1.82, 2.24) is 0 Å². The number of nitrogens with zero attached hydrogens (tertiary/aromatic N) is 1. The lowest BCUT2D eigenvalue weighted by Gasteiger charge is -2.08. The lowest BCUT2D eigenvalue weighted by molar-refractivity contribution is -0.114. The van der Waals surface area contributed by atoms with Crippen molar-refractivity contribution in [3.05, 3.63) is 89.0 Å². The number of ether oxygens (including phenoxy) is 1. The molecule has 0 saturated heterocycles. The lowest BCUT2D eigenvalue weighted by atomic mass is 10.1. The summed E-state index contributed by atoms with van der Waals surface area (Å²) in [7, 11) is 0. The molecule has 0 radical (unpaired) electrons. The van der Waals surface area contributed by atoms with Gasteiger partial charge in [0.05, 0.1) is 0 Å². The predicted octanol–water partition coefficient (Wildman–Crippen LogP) is 5.64. The molecule has 0 spiro atoms. The number of nitrogens with one attached hydrogen (secondary N) is 2. The zero-order valence-electron chi connectivity index (χ0n) is 16.6. The third-order valence-corrected chi connectivity index (χ3v) is 4.30. The second-order valence-corrected chi connectivity index (χ2v) is 6.95. The van der Waals surface area contributed by atoms with E-state index in [2.05, 4.69) is 10.6 Å². The average molecular weight is 432 g/mol. The third-order valence-electron chi connectivity index (χ3n) is 4.05. The first-order valence-electron chi connectivity index (χ1n) is 9.27. The first kappa shape index (κ1) is 21.6. The van der Waals surface area contributed by atoms with Crippen molar-refractivity contribution < 1.29 is 14.3 Å². The second kappa shape index (κ2) is 10.1. The van der Waals surface area contributed by atoms with Gasteiger partial charge in [-0.2, -0.15) is 5.26 Å². The van der Waals surface area contributed by atoms with Gasteiger partial charge in [-0.1, -0.05) is 23.7 Å². The van der Waals surface area contributed by atoms with Gasteiger partial charge in [-0.25, -0.2) is 0 Å². The molecule has 0 saturated carbocycles. The van der Waals surface area contributed by atoms with Crippen LogP contribution in [0.25, 0.3) is 6.08 Å². The first-order chi connectivity index (χ1) is 14.9. The van der Waals surface area contributed by atoms with Crippen molar-refractivity contribution >= 4 is 40.9 Å². The number of benzene rings is 3. The Morgan fingerprint density at radius 2 is 1.58 bits per heavy atom. The Labute approximate surface area is 184 Å². The minimum absolute atomic E-state index is 0.0606. The minimum atomic E-state index is -0.543. The SMILES string of the molecule is CC(=O)Nc1ccc(NC(=O)/C(C#N)=C/c2cccc(Oc3ccc(Cl)cc3)c2)cc1. The standard InChI is InChI=1S/C24H18ClN3O3/c1-16(29)27-20-7-9-21(10-8-20)28-24(30)18(15-26)13-17-3-2-4-23(14-17)31-22-11-5-19(25)6-12-22/h2-14H,1H3,(H,27,29)(H,28,30)/b18-13+. The summed E-state index contributed by atoms with van der Waals surface area (Å²) in [6, 6.07) is 22.5. The molecule has 3 rings (SSSR count). The lowest BCUT2D eigenvalue weighted by Crippen LogP contribution is -2.13. The van der Waals surface area contributed by atoms with E-state index < -0.39 is 5.91 Å². The second-order valence-electron chi connectivity index (χ2n) is 6.51. The molecular formula is C24H18ClN3O3. The van der Waals surface area contributed by atoms with E-state index in [0.717, 1.165) is 0 Å². The highest BCUT2D eigenvalue weighted by Crippen LogP contribution is 2.24. The molecule has 2 N–H and O–H groups in total. The summed E-state index contributed by atoms with van der Waals surface area (Å²) in [5, 5.41) is 15.4. The molecule has 2 amide bonds. The van der Waals surface area contributed by atoms with Crippen molar-refractivity contribution in [2.24, 2.45) is 0 Å². The van der Waals surface area contributed by atoms with Crippen LogP contribution in [0.2, 0.25) is 5.02 Å². The number of amides is 2. The van der Waals surface area contributed by atoms with Crippen LogP contribution in [0.15, 0.2) is 78.4 Å². The molecule has 7 heteroatoms. The zero-order chi connectivity index (χ0) is 22.2. The van der Waals surface area contributed by atoms with Gasteiger partial charge in [0, 0.05) is 23.3 Å². The van der Waals surface area contributed by atoms with Crippen LogP contribution in [0.1, 0.15) is 12.5 Å².